The van der Waals surface area contributed by atoms with E-state index in [2.05, 4.69) is 15.2 Å². The number of rotatable bonds is 6. The molecule has 2 aromatic rings. The Hall–Kier alpha value is -2.60. The molecule has 1 aromatic heterocycles. The second kappa shape index (κ2) is 9.37. The van der Waals surface area contributed by atoms with E-state index in [4.69, 9.17) is 11.6 Å². The molecule has 1 aliphatic rings. The summed E-state index contributed by atoms with van der Waals surface area (Å²) in [5.41, 5.74) is 2.08. The predicted octanol–water partition coefficient (Wildman–Crippen LogP) is 2.13. The molecule has 1 aliphatic heterocycles. The number of hydrogen-bond acceptors (Lipinski definition) is 4. The standard InChI is InChI=1S/C20H23ClN4O2/c21-17-4-1-5-18(13-17)24-9-11-25(12-10-24)20(27)15-23-19(26)7-6-16-3-2-8-22-14-16/h1-5,8,13-14H,6-7,9-12,15H2,(H,23,26). The van der Waals surface area contributed by atoms with Crippen LogP contribution in [0.3, 0.4) is 0 Å². The molecule has 7 heteroatoms. The van der Waals surface area contributed by atoms with E-state index in [0.717, 1.165) is 24.3 Å². The average Bonchev–Trinajstić information content (AvgIpc) is 2.71. The van der Waals surface area contributed by atoms with Crippen LogP contribution >= 0.6 is 11.6 Å². The van der Waals surface area contributed by atoms with E-state index in [-0.39, 0.29) is 18.4 Å². The summed E-state index contributed by atoms with van der Waals surface area (Å²) in [5.74, 6) is -0.166. The maximum absolute atomic E-state index is 12.3. The summed E-state index contributed by atoms with van der Waals surface area (Å²) in [4.78, 5) is 32.3. The Kier molecular flexibility index (Phi) is 6.65. The van der Waals surface area contributed by atoms with Gasteiger partial charge < -0.3 is 15.1 Å². The Labute approximate surface area is 164 Å². The Bertz CT molecular complexity index is 777. The number of nitrogens with zero attached hydrogens (tertiary/aromatic N) is 3. The lowest BCUT2D eigenvalue weighted by atomic mass is 10.1. The number of nitrogens with one attached hydrogen (secondary N) is 1. The molecule has 142 valence electrons. The highest BCUT2D eigenvalue weighted by molar-refractivity contribution is 6.30. The molecule has 3 rings (SSSR count). The van der Waals surface area contributed by atoms with E-state index in [1.807, 2.05) is 36.4 Å². The number of carbonyl (C=O) groups is 2. The fraction of sp³-hybridized carbons (Fsp3) is 0.350. The zero-order chi connectivity index (χ0) is 19.1. The minimum atomic E-state index is -0.121. The summed E-state index contributed by atoms with van der Waals surface area (Å²) >= 11 is 6.04. The number of amides is 2. The van der Waals surface area contributed by atoms with Crippen LogP contribution in [0.15, 0.2) is 48.8 Å². The number of carbonyl (C=O) groups excluding carboxylic acids is 2. The maximum atomic E-state index is 12.3. The van der Waals surface area contributed by atoms with Gasteiger partial charge in [0.1, 0.15) is 0 Å². The van der Waals surface area contributed by atoms with Crippen LogP contribution in [-0.2, 0) is 16.0 Å². The molecule has 27 heavy (non-hydrogen) atoms. The zero-order valence-corrected chi connectivity index (χ0v) is 15.9. The molecule has 0 atom stereocenters. The van der Waals surface area contributed by atoms with Gasteiger partial charge >= 0.3 is 0 Å². The molecular weight excluding hydrogens is 364 g/mol. The third-order valence-corrected chi connectivity index (χ3v) is 4.84. The third kappa shape index (κ3) is 5.69. The fourth-order valence-corrected chi connectivity index (χ4v) is 3.25. The number of piperazine rings is 1. The molecule has 0 radical (unpaired) electrons. The van der Waals surface area contributed by atoms with Crippen LogP contribution in [-0.4, -0.2) is 54.4 Å². The van der Waals surface area contributed by atoms with Crippen molar-refractivity contribution < 1.29 is 9.59 Å². The molecular formula is C20H23ClN4O2. The molecule has 0 bridgehead atoms. The molecule has 1 saturated heterocycles. The van der Waals surface area contributed by atoms with Gasteiger partial charge in [-0.15, -0.1) is 0 Å². The van der Waals surface area contributed by atoms with Crippen LogP contribution in [0.4, 0.5) is 5.69 Å². The average molecular weight is 387 g/mol. The van der Waals surface area contributed by atoms with E-state index in [1.165, 1.54) is 0 Å². The fourth-order valence-electron chi connectivity index (χ4n) is 3.07. The predicted molar refractivity (Wildman–Crippen MR) is 106 cm³/mol. The minimum absolute atomic E-state index is 0.0447. The van der Waals surface area contributed by atoms with Gasteiger partial charge in [0.05, 0.1) is 6.54 Å². The number of aryl methyl sites for hydroxylation is 1. The van der Waals surface area contributed by atoms with Crippen molar-refractivity contribution in [3.05, 3.63) is 59.4 Å². The summed E-state index contributed by atoms with van der Waals surface area (Å²) in [5, 5.41) is 3.43. The molecule has 6 nitrogen and oxygen atoms in total. The molecule has 1 N–H and O–H groups in total. The Morgan fingerprint density at radius 3 is 2.63 bits per heavy atom. The number of hydrogen-bond donors (Lipinski definition) is 1. The van der Waals surface area contributed by atoms with Gasteiger partial charge in [0.2, 0.25) is 11.8 Å². The van der Waals surface area contributed by atoms with E-state index >= 15 is 0 Å². The minimum Gasteiger partial charge on any atom is -0.368 e. The van der Waals surface area contributed by atoms with Crippen molar-refractivity contribution in [2.24, 2.45) is 0 Å². The van der Waals surface area contributed by atoms with Gasteiger partial charge in [0, 0.05) is 55.7 Å². The summed E-state index contributed by atoms with van der Waals surface area (Å²) in [6.07, 6.45) is 4.42. The number of benzene rings is 1. The first-order valence-electron chi connectivity index (χ1n) is 9.06. The van der Waals surface area contributed by atoms with Crippen LogP contribution in [0.2, 0.25) is 5.02 Å². The Balaban J connectivity index is 1.38. The largest absolute Gasteiger partial charge is 0.368 e. The SMILES string of the molecule is O=C(CCc1cccnc1)NCC(=O)N1CCN(c2cccc(Cl)c2)CC1. The highest BCUT2D eigenvalue weighted by Crippen LogP contribution is 2.20. The van der Waals surface area contributed by atoms with E-state index < -0.39 is 0 Å². The highest BCUT2D eigenvalue weighted by atomic mass is 35.5. The quantitative estimate of drug-likeness (QED) is 0.826. The summed E-state index contributed by atoms with van der Waals surface area (Å²) < 4.78 is 0. The van der Waals surface area contributed by atoms with Crippen LogP contribution < -0.4 is 10.2 Å². The van der Waals surface area contributed by atoms with Crippen molar-refractivity contribution in [2.75, 3.05) is 37.6 Å². The monoisotopic (exact) mass is 386 g/mol. The lowest BCUT2D eigenvalue weighted by Crippen LogP contribution is -2.51. The van der Waals surface area contributed by atoms with Crippen LogP contribution in [0.5, 0.6) is 0 Å². The summed E-state index contributed by atoms with van der Waals surface area (Å²) in [6.45, 7) is 2.82. The van der Waals surface area contributed by atoms with Crippen LogP contribution in [0, 0.1) is 0 Å². The van der Waals surface area contributed by atoms with Gasteiger partial charge in [0.15, 0.2) is 0 Å². The topological polar surface area (TPSA) is 65.5 Å². The molecule has 0 saturated carbocycles. The van der Waals surface area contributed by atoms with Gasteiger partial charge in [-0.1, -0.05) is 23.7 Å². The van der Waals surface area contributed by atoms with Crippen molar-refractivity contribution in [1.29, 1.82) is 0 Å². The molecule has 1 fully saturated rings. The second-order valence-electron chi connectivity index (χ2n) is 6.49. The first-order chi connectivity index (χ1) is 13.1. The lowest BCUT2D eigenvalue weighted by molar-refractivity contribution is -0.133. The van der Waals surface area contributed by atoms with Gasteiger partial charge in [0.25, 0.3) is 0 Å². The van der Waals surface area contributed by atoms with Gasteiger partial charge in [-0.25, -0.2) is 0 Å². The van der Waals surface area contributed by atoms with Gasteiger partial charge in [-0.05, 0) is 36.2 Å². The first-order valence-corrected chi connectivity index (χ1v) is 9.43. The number of pyridine rings is 1. The second-order valence-corrected chi connectivity index (χ2v) is 6.92. The Morgan fingerprint density at radius 1 is 1.11 bits per heavy atom. The molecule has 1 aromatic carbocycles. The third-order valence-electron chi connectivity index (χ3n) is 4.61. The number of aromatic nitrogens is 1. The maximum Gasteiger partial charge on any atom is 0.242 e. The van der Waals surface area contributed by atoms with Crippen molar-refractivity contribution >= 4 is 29.1 Å². The van der Waals surface area contributed by atoms with Crippen molar-refractivity contribution in [2.45, 2.75) is 12.8 Å². The molecule has 2 heterocycles. The van der Waals surface area contributed by atoms with Crippen molar-refractivity contribution in [3.8, 4) is 0 Å². The van der Waals surface area contributed by atoms with Crippen molar-refractivity contribution in [1.82, 2.24) is 15.2 Å². The van der Waals surface area contributed by atoms with Crippen LogP contribution in [0.25, 0.3) is 0 Å². The van der Waals surface area contributed by atoms with E-state index in [0.29, 0.717) is 31.0 Å². The van der Waals surface area contributed by atoms with E-state index in [1.54, 1.807) is 17.3 Å². The smallest absolute Gasteiger partial charge is 0.242 e. The lowest BCUT2D eigenvalue weighted by Gasteiger charge is -2.36. The van der Waals surface area contributed by atoms with Crippen molar-refractivity contribution in [3.63, 3.8) is 0 Å². The van der Waals surface area contributed by atoms with E-state index in [9.17, 15) is 9.59 Å². The molecule has 0 unspecified atom stereocenters. The van der Waals surface area contributed by atoms with Crippen LogP contribution in [0.1, 0.15) is 12.0 Å². The number of anilines is 1. The van der Waals surface area contributed by atoms with Gasteiger partial charge in [-0.3, -0.25) is 14.6 Å². The molecule has 2 amide bonds. The molecule has 0 spiro atoms. The highest BCUT2D eigenvalue weighted by Gasteiger charge is 2.21. The molecule has 0 aliphatic carbocycles. The van der Waals surface area contributed by atoms with Gasteiger partial charge in [-0.2, -0.15) is 0 Å². The summed E-state index contributed by atoms with van der Waals surface area (Å²) in [7, 11) is 0. The zero-order valence-electron chi connectivity index (χ0n) is 15.1. The number of halogens is 1. The Morgan fingerprint density at radius 2 is 1.93 bits per heavy atom. The first kappa shape index (κ1) is 19.2. The normalized spacial score (nSPS) is 14.1. The summed E-state index contributed by atoms with van der Waals surface area (Å²) in [6, 6.07) is 11.5.